The number of hydrogen-bond donors (Lipinski definition) is 2. The minimum Gasteiger partial charge on any atom is -0.474 e. The molecule has 0 spiro atoms. The molecule has 5 rings (SSSR count). The fourth-order valence-corrected chi connectivity index (χ4v) is 4.05. The van der Waals surface area contributed by atoms with Gasteiger partial charge in [0.1, 0.15) is 24.7 Å². The molecule has 2 aromatic heterocycles. The van der Waals surface area contributed by atoms with Gasteiger partial charge >= 0.3 is 0 Å². The number of aromatic nitrogens is 2. The van der Waals surface area contributed by atoms with E-state index < -0.39 is 12.5 Å². The number of benzene rings is 1. The SMILES string of the molecule is O=C1CCCN1c1ccc(-c2ccc(Nc3cnc4c(c3)N(C(=O)CO)CCO4)nc2)cc1. The summed E-state index contributed by atoms with van der Waals surface area (Å²) in [5.74, 6) is 0.751. The fraction of sp³-hybridized carbons (Fsp3) is 0.250. The number of anilines is 4. The van der Waals surface area contributed by atoms with Crippen LogP contribution in [0.1, 0.15) is 12.8 Å². The molecular formula is C24H23N5O4. The van der Waals surface area contributed by atoms with Crippen molar-refractivity contribution >= 4 is 34.7 Å². The van der Waals surface area contributed by atoms with E-state index in [1.54, 1.807) is 18.5 Å². The van der Waals surface area contributed by atoms with Crippen molar-refractivity contribution in [2.75, 3.05) is 41.4 Å². The molecule has 9 nitrogen and oxygen atoms in total. The molecule has 0 unspecified atom stereocenters. The van der Waals surface area contributed by atoms with E-state index in [4.69, 9.17) is 4.74 Å². The first-order chi connectivity index (χ1) is 16.1. The van der Waals surface area contributed by atoms with Crippen LogP contribution in [0.4, 0.5) is 22.9 Å². The average molecular weight is 445 g/mol. The largest absolute Gasteiger partial charge is 0.474 e. The summed E-state index contributed by atoms with van der Waals surface area (Å²) in [5, 5.41) is 12.4. The van der Waals surface area contributed by atoms with Gasteiger partial charge in [-0.25, -0.2) is 9.97 Å². The Bertz CT molecular complexity index is 1180. The number of nitrogens with one attached hydrogen (secondary N) is 1. The molecule has 1 fully saturated rings. The molecule has 2 aliphatic rings. The molecule has 1 saturated heterocycles. The van der Waals surface area contributed by atoms with Crippen molar-refractivity contribution in [1.82, 2.24) is 9.97 Å². The highest BCUT2D eigenvalue weighted by molar-refractivity contribution is 5.96. The zero-order chi connectivity index (χ0) is 22.8. The number of nitrogens with zero attached hydrogens (tertiary/aromatic N) is 4. The normalized spacial score (nSPS) is 15.2. The number of aliphatic hydroxyl groups excluding tert-OH is 1. The van der Waals surface area contributed by atoms with E-state index in [1.165, 1.54) is 4.90 Å². The number of fused-ring (bicyclic) bond motifs is 1. The van der Waals surface area contributed by atoms with E-state index >= 15 is 0 Å². The predicted molar refractivity (Wildman–Crippen MR) is 124 cm³/mol. The standard InChI is InChI=1S/C24H23N5O4/c30-15-23(32)29-10-11-33-24-20(29)12-18(14-26-24)27-21-8-5-17(13-25-21)16-3-6-19(7-4-16)28-9-1-2-22(28)31/h3-8,12-14,30H,1-2,9-11,15H2,(H,25,27). The van der Waals surface area contributed by atoms with Gasteiger partial charge in [-0.05, 0) is 42.3 Å². The smallest absolute Gasteiger partial charge is 0.252 e. The maximum absolute atomic E-state index is 12.0. The summed E-state index contributed by atoms with van der Waals surface area (Å²) in [6, 6.07) is 13.5. The first kappa shape index (κ1) is 20.9. The molecule has 1 aromatic carbocycles. The van der Waals surface area contributed by atoms with Crippen molar-refractivity contribution < 1.29 is 19.4 Å². The molecule has 2 amide bonds. The van der Waals surface area contributed by atoms with Crippen LogP contribution in [0.25, 0.3) is 11.1 Å². The lowest BCUT2D eigenvalue weighted by Gasteiger charge is -2.28. The second kappa shape index (κ2) is 8.87. The maximum Gasteiger partial charge on any atom is 0.252 e. The van der Waals surface area contributed by atoms with E-state index in [2.05, 4.69) is 15.3 Å². The second-order valence-electron chi connectivity index (χ2n) is 7.85. The Labute approximate surface area is 190 Å². The predicted octanol–water partition coefficient (Wildman–Crippen LogP) is 2.73. The number of aliphatic hydroxyl groups is 1. The average Bonchev–Trinajstić information content (AvgIpc) is 3.29. The number of rotatable bonds is 5. The van der Waals surface area contributed by atoms with Gasteiger partial charge in [0.05, 0.1) is 18.4 Å². The summed E-state index contributed by atoms with van der Waals surface area (Å²) in [6.45, 7) is 0.886. The molecular weight excluding hydrogens is 422 g/mol. The quantitative estimate of drug-likeness (QED) is 0.622. The highest BCUT2D eigenvalue weighted by Crippen LogP contribution is 2.33. The van der Waals surface area contributed by atoms with Gasteiger partial charge in [-0.15, -0.1) is 0 Å². The molecule has 0 aliphatic carbocycles. The molecule has 2 aliphatic heterocycles. The maximum atomic E-state index is 12.0. The second-order valence-corrected chi connectivity index (χ2v) is 7.85. The van der Waals surface area contributed by atoms with Crippen LogP contribution >= 0.6 is 0 Å². The van der Waals surface area contributed by atoms with Crippen molar-refractivity contribution in [3.8, 4) is 17.0 Å². The third-order valence-corrected chi connectivity index (χ3v) is 5.73. The Morgan fingerprint density at radius 2 is 1.88 bits per heavy atom. The summed E-state index contributed by atoms with van der Waals surface area (Å²) in [6.07, 6.45) is 4.90. The zero-order valence-electron chi connectivity index (χ0n) is 17.9. The Kier molecular flexibility index (Phi) is 5.62. The third-order valence-electron chi connectivity index (χ3n) is 5.73. The van der Waals surface area contributed by atoms with Gasteiger partial charge in [-0.2, -0.15) is 0 Å². The highest BCUT2D eigenvalue weighted by atomic mass is 16.5. The van der Waals surface area contributed by atoms with Gasteiger partial charge in [0, 0.05) is 30.4 Å². The highest BCUT2D eigenvalue weighted by Gasteiger charge is 2.25. The first-order valence-corrected chi connectivity index (χ1v) is 10.8. The summed E-state index contributed by atoms with van der Waals surface area (Å²) >= 11 is 0. The van der Waals surface area contributed by atoms with Crippen LogP contribution in [0.5, 0.6) is 5.88 Å². The minimum absolute atomic E-state index is 0.173. The lowest BCUT2D eigenvalue weighted by Crippen LogP contribution is -2.39. The van der Waals surface area contributed by atoms with Crippen LogP contribution < -0.4 is 19.9 Å². The van der Waals surface area contributed by atoms with E-state index in [0.29, 0.717) is 42.6 Å². The molecule has 0 bridgehead atoms. The van der Waals surface area contributed by atoms with Crippen molar-refractivity contribution in [2.45, 2.75) is 12.8 Å². The van der Waals surface area contributed by atoms with Crippen LogP contribution in [0.15, 0.2) is 54.9 Å². The fourth-order valence-electron chi connectivity index (χ4n) is 4.05. The molecule has 2 N–H and O–H groups in total. The van der Waals surface area contributed by atoms with E-state index in [9.17, 15) is 14.7 Å². The monoisotopic (exact) mass is 445 g/mol. The molecule has 4 heterocycles. The first-order valence-electron chi connectivity index (χ1n) is 10.8. The number of hydrogen-bond acceptors (Lipinski definition) is 7. The Hall–Kier alpha value is -3.98. The molecule has 33 heavy (non-hydrogen) atoms. The number of pyridine rings is 2. The molecule has 9 heteroatoms. The Morgan fingerprint density at radius 3 is 2.58 bits per heavy atom. The van der Waals surface area contributed by atoms with Crippen molar-refractivity contribution in [3.63, 3.8) is 0 Å². The van der Waals surface area contributed by atoms with Crippen molar-refractivity contribution in [3.05, 3.63) is 54.9 Å². The summed E-state index contributed by atoms with van der Waals surface area (Å²) in [7, 11) is 0. The Morgan fingerprint density at radius 1 is 1.06 bits per heavy atom. The van der Waals surface area contributed by atoms with Crippen LogP contribution in [0.2, 0.25) is 0 Å². The molecule has 0 saturated carbocycles. The number of amides is 2. The summed E-state index contributed by atoms with van der Waals surface area (Å²) < 4.78 is 5.51. The van der Waals surface area contributed by atoms with Crippen LogP contribution in [-0.2, 0) is 9.59 Å². The van der Waals surface area contributed by atoms with Crippen LogP contribution in [-0.4, -0.2) is 53.2 Å². The summed E-state index contributed by atoms with van der Waals surface area (Å²) in [5.41, 5.74) is 4.05. The molecule has 0 radical (unpaired) electrons. The van der Waals surface area contributed by atoms with E-state index in [-0.39, 0.29) is 5.91 Å². The number of carbonyl (C=O) groups is 2. The lowest BCUT2D eigenvalue weighted by atomic mass is 10.1. The molecule has 0 atom stereocenters. The van der Waals surface area contributed by atoms with Gasteiger partial charge in [-0.3, -0.25) is 9.59 Å². The van der Waals surface area contributed by atoms with Crippen molar-refractivity contribution in [2.24, 2.45) is 0 Å². The van der Waals surface area contributed by atoms with Gasteiger partial charge < -0.3 is 25.0 Å². The summed E-state index contributed by atoms with van der Waals surface area (Å²) in [4.78, 5) is 36.0. The van der Waals surface area contributed by atoms with Crippen LogP contribution in [0.3, 0.4) is 0 Å². The topological polar surface area (TPSA) is 108 Å². The van der Waals surface area contributed by atoms with Gasteiger partial charge in [0.25, 0.3) is 5.91 Å². The lowest BCUT2D eigenvalue weighted by molar-refractivity contribution is -0.121. The van der Waals surface area contributed by atoms with Gasteiger partial charge in [0.2, 0.25) is 11.8 Å². The minimum atomic E-state index is -0.574. The van der Waals surface area contributed by atoms with Gasteiger partial charge in [-0.1, -0.05) is 12.1 Å². The van der Waals surface area contributed by atoms with Crippen molar-refractivity contribution in [1.29, 1.82) is 0 Å². The number of ether oxygens (including phenoxy) is 1. The van der Waals surface area contributed by atoms with Crippen LogP contribution in [0, 0.1) is 0 Å². The van der Waals surface area contributed by atoms with Gasteiger partial charge in [0.15, 0.2) is 0 Å². The molecule has 3 aromatic rings. The zero-order valence-corrected chi connectivity index (χ0v) is 17.9. The molecule has 168 valence electrons. The number of carbonyl (C=O) groups excluding carboxylic acids is 2. The third kappa shape index (κ3) is 4.22. The Balaban J connectivity index is 1.30. The van der Waals surface area contributed by atoms with E-state index in [0.717, 1.165) is 29.8 Å². The van der Waals surface area contributed by atoms with E-state index in [1.807, 2.05) is 41.3 Å².